The van der Waals surface area contributed by atoms with Gasteiger partial charge in [0.25, 0.3) is 0 Å². The summed E-state index contributed by atoms with van der Waals surface area (Å²) in [7, 11) is 0. The summed E-state index contributed by atoms with van der Waals surface area (Å²) in [5.74, 6) is 1.35. The van der Waals surface area contributed by atoms with Gasteiger partial charge in [-0.1, -0.05) is 55.8 Å². The van der Waals surface area contributed by atoms with Gasteiger partial charge in [0.15, 0.2) is 6.23 Å². The molecular formula is C19H19ClN2O. The molecule has 0 saturated carbocycles. The number of rotatable bonds is 2. The Morgan fingerprint density at radius 3 is 2.61 bits per heavy atom. The third-order valence-corrected chi connectivity index (χ3v) is 4.73. The summed E-state index contributed by atoms with van der Waals surface area (Å²) in [6.45, 7) is 4.34. The van der Waals surface area contributed by atoms with Gasteiger partial charge in [-0.3, -0.25) is 0 Å². The fourth-order valence-corrected chi connectivity index (χ4v) is 3.45. The number of fused-ring (bicyclic) bond motifs is 3. The van der Waals surface area contributed by atoms with Crippen molar-refractivity contribution in [3.8, 4) is 5.75 Å². The summed E-state index contributed by atoms with van der Waals surface area (Å²) in [6, 6.07) is 16.5. The number of ether oxygens (including phenoxy) is 1. The minimum absolute atomic E-state index is 0.0281. The van der Waals surface area contributed by atoms with Gasteiger partial charge in [-0.2, -0.15) is 5.10 Å². The summed E-state index contributed by atoms with van der Waals surface area (Å²) in [5.41, 5.74) is 3.44. The molecular weight excluding hydrogens is 308 g/mol. The molecule has 3 nitrogen and oxygen atoms in total. The van der Waals surface area contributed by atoms with E-state index in [1.165, 1.54) is 5.56 Å². The fourth-order valence-electron chi connectivity index (χ4n) is 3.32. The van der Waals surface area contributed by atoms with Crippen LogP contribution in [0.1, 0.15) is 37.4 Å². The van der Waals surface area contributed by atoms with E-state index in [4.69, 9.17) is 21.4 Å². The lowest BCUT2D eigenvalue weighted by atomic mass is 9.95. The number of benzene rings is 2. The zero-order valence-electron chi connectivity index (χ0n) is 13.2. The van der Waals surface area contributed by atoms with Crippen molar-refractivity contribution < 1.29 is 4.74 Å². The summed E-state index contributed by atoms with van der Waals surface area (Å²) < 4.78 is 6.21. The molecule has 0 fully saturated rings. The van der Waals surface area contributed by atoms with Crippen LogP contribution in [0, 0.1) is 5.92 Å². The molecule has 4 heteroatoms. The zero-order chi connectivity index (χ0) is 16.0. The van der Waals surface area contributed by atoms with E-state index in [9.17, 15) is 0 Å². The van der Waals surface area contributed by atoms with Gasteiger partial charge in [-0.25, -0.2) is 5.01 Å². The maximum atomic E-state index is 6.21. The van der Waals surface area contributed by atoms with Crippen LogP contribution in [0.4, 0.5) is 0 Å². The van der Waals surface area contributed by atoms with Gasteiger partial charge in [0.05, 0.1) is 11.8 Å². The average molecular weight is 327 g/mol. The van der Waals surface area contributed by atoms with Crippen LogP contribution in [-0.4, -0.2) is 16.9 Å². The third kappa shape index (κ3) is 2.49. The number of nitrogens with zero attached hydrogens (tertiary/aromatic N) is 2. The SMILES string of the molecule is CC(C)C1Oc2ccccc2C2CC(c3ccc(Cl)cc3)=NN21. The monoisotopic (exact) mass is 326 g/mol. The summed E-state index contributed by atoms with van der Waals surface area (Å²) in [4.78, 5) is 0. The Bertz CT molecular complexity index is 754. The maximum Gasteiger partial charge on any atom is 0.190 e. The lowest BCUT2D eigenvalue weighted by Crippen LogP contribution is -2.43. The first kappa shape index (κ1) is 14.6. The third-order valence-electron chi connectivity index (χ3n) is 4.48. The minimum Gasteiger partial charge on any atom is -0.468 e. The van der Waals surface area contributed by atoms with Crippen LogP contribution in [0.15, 0.2) is 53.6 Å². The first-order valence-corrected chi connectivity index (χ1v) is 8.38. The van der Waals surface area contributed by atoms with Crippen molar-refractivity contribution in [3.63, 3.8) is 0 Å². The van der Waals surface area contributed by atoms with Gasteiger partial charge in [0.1, 0.15) is 5.75 Å². The predicted octanol–water partition coefficient (Wildman–Crippen LogP) is 4.87. The molecule has 118 valence electrons. The van der Waals surface area contributed by atoms with Crippen LogP contribution < -0.4 is 4.74 Å². The first-order chi connectivity index (χ1) is 11.1. The number of hydrazone groups is 1. The van der Waals surface area contributed by atoms with Gasteiger partial charge >= 0.3 is 0 Å². The topological polar surface area (TPSA) is 24.8 Å². The molecule has 0 N–H and O–H groups in total. The van der Waals surface area contributed by atoms with Crippen molar-refractivity contribution in [3.05, 3.63) is 64.7 Å². The lowest BCUT2D eigenvalue weighted by molar-refractivity contribution is -0.0461. The summed E-state index contributed by atoms with van der Waals surface area (Å²) in [5, 5.41) is 7.78. The molecule has 2 heterocycles. The van der Waals surface area contributed by atoms with E-state index in [-0.39, 0.29) is 12.3 Å². The van der Waals surface area contributed by atoms with E-state index in [1.807, 2.05) is 30.3 Å². The highest BCUT2D eigenvalue weighted by atomic mass is 35.5. The number of hydrogen-bond donors (Lipinski definition) is 0. The molecule has 0 aliphatic carbocycles. The molecule has 0 amide bonds. The Morgan fingerprint density at radius 1 is 1.13 bits per heavy atom. The molecule has 0 saturated heterocycles. The molecule has 0 bridgehead atoms. The van der Waals surface area contributed by atoms with Crippen molar-refractivity contribution in [2.24, 2.45) is 11.0 Å². The second-order valence-electron chi connectivity index (χ2n) is 6.44. The highest BCUT2D eigenvalue weighted by molar-refractivity contribution is 6.30. The van der Waals surface area contributed by atoms with Gasteiger partial charge in [0.2, 0.25) is 0 Å². The van der Waals surface area contributed by atoms with E-state index in [1.54, 1.807) is 0 Å². The van der Waals surface area contributed by atoms with Gasteiger partial charge in [-0.05, 0) is 23.8 Å². The molecule has 2 atom stereocenters. The normalized spacial score (nSPS) is 22.4. The lowest BCUT2D eigenvalue weighted by Gasteiger charge is -2.39. The van der Waals surface area contributed by atoms with Gasteiger partial charge < -0.3 is 4.74 Å². The van der Waals surface area contributed by atoms with E-state index in [2.05, 4.69) is 37.1 Å². The molecule has 0 radical (unpaired) electrons. The highest BCUT2D eigenvalue weighted by Gasteiger charge is 2.41. The predicted molar refractivity (Wildman–Crippen MR) is 92.9 cm³/mol. The summed E-state index contributed by atoms with van der Waals surface area (Å²) in [6.07, 6.45) is 0.866. The Balaban J connectivity index is 1.74. The first-order valence-electron chi connectivity index (χ1n) is 8.01. The Labute approximate surface area is 141 Å². The van der Waals surface area contributed by atoms with Crippen LogP contribution >= 0.6 is 11.6 Å². The van der Waals surface area contributed by atoms with E-state index < -0.39 is 0 Å². The number of para-hydroxylation sites is 1. The standard InChI is InChI=1S/C19H19ClN2O/c1-12(2)19-22-17(15-5-3-4-6-18(15)23-19)11-16(21-22)13-7-9-14(20)10-8-13/h3-10,12,17,19H,11H2,1-2H3. The molecule has 23 heavy (non-hydrogen) atoms. The number of hydrogen-bond acceptors (Lipinski definition) is 3. The van der Waals surface area contributed by atoms with Crippen molar-refractivity contribution in [1.82, 2.24) is 5.01 Å². The van der Waals surface area contributed by atoms with E-state index in [0.29, 0.717) is 5.92 Å². The maximum absolute atomic E-state index is 6.21. The molecule has 0 aromatic heterocycles. The number of halogens is 1. The van der Waals surface area contributed by atoms with Crippen LogP contribution in [0.2, 0.25) is 5.02 Å². The fraction of sp³-hybridized carbons (Fsp3) is 0.316. The van der Waals surface area contributed by atoms with Gasteiger partial charge in [-0.15, -0.1) is 0 Å². The van der Waals surface area contributed by atoms with E-state index >= 15 is 0 Å². The molecule has 2 unspecified atom stereocenters. The van der Waals surface area contributed by atoms with Crippen LogP contribution in [0.3, 0.4) is 0 Å². The molecule has 4 rings (SSSR count). The molecule has 2 aromatic rings. The second-order valence-corrected chi connectivity index (χ2v) is 6.88. The average Bonchev–Trinajstić information content (AvgIpc) is 3.00. The van der Waals surface area contributed by atoms with Gasteiger partial charge in [0, 0.05) is 22.9 Å². The Morgan fingerprint density at radius 2 is 1.87 bits per heavy atom. The smallest absolute Gasteiger partial charge is 0.190 e. The Hall–Kier alpha value is -2.00. The van der Waals surface area contributed by atoms with Crippen LogP contribution in [-0.2, 0) is 0 Å². The van der Waals surface area contributed by atoms with E-state index in [0.717, 1.165) is 28.5 Å². The summed E-state index contributed by atoms with van der Waals surface area (Å²) >= 11 is 6.00. The van der Waals surface area contributed by atoms with Crippen molar-refractivity contribution in [1.29, 1.82) is 0 Å². The largest absolute Gasteiger partial charge is 0.468 e. The van der Waals surface area contributed by atoms with Crippen molar-refractivity contribution >= 4 is 17.3 Å². The molecule has 0 spiro atoms. The molecule has 2 aromatic carbocycles. The van der Waals surface area contributed by atoms with Crippen molar-refractivity contribution in [2.75, 3.05) is 0 Å². The molecule has 2 aliphatic rings. The Kier molecular flexibility index (Phi) is 3.53. The highest BCUT2D eigenvalue weighted by Crippen LogP contribution is 2.44. The zero-order valence-corrected chi connectivity index (χ0v) is 14.0. The minimum atomic E-state index is -0.0281. The molecule has 2 aliphatic heterocycles. The van der Waals surface area contributed by atoms with Crippen LogP contribution in [0.5, 0.6) is 5.75 Å². The second kappa shape index (κ2) is 5.57. The van der Waals surface area contributed by atoms with Crippen molar-refractivity contribution in [2.45, 2.75) is 32.5 Å². The quantitative estimate of drug-likeness (QED) is 0.786. The van der Waals surface area contributed by atoms with Crippen LogP contribution in [0.25, 0.3) is 0 Å².